The standard InChI is InChI=1S/C20H26O/c1-16(2)15-18-11-13-19(14-12-18)20(21)10-6-9-17-7-4-3-5-8-17/h3-5,7-8,11-14,16,20-21H,6,9-10,15H2,1-2H3. The van der Waals surface area contributed by atoms with Gasteiger partial charge in [-0.3, -0.25) is 0 Å². The summed E-state index contributed by atoms with van der Waals surface area (Å²) in [5.41, 5.74) is 3.73. The Bertz CT molecular complexity index is 513. The summed E-state index contributed by atoms with van der Waals surface area (Å²) in [4.78, 5) is 0. The maximum Gasteiger partial charge on any atom is 0.0790 e. The molecule has 0 aliphatic carbocycles. The third kappa shape index (κ3) is 5.35. The molecule has 0 aromatic heterocycles. The number of benzene rings is 2. The summed E-state index contributed by atoms with van der Waals surface area (Å²) in [6, 6.07) is 18.9. The van der Waals surface area contributed by atoms with Crippen molar-refractivity contribution in [3.8, 4) is 0 Å². The van der Waals surface area contributed by atoms with Gasteiger partial charge in [-0.2, -0.15) is 0 Å². The topological polar surface area (TPSA) is 20.2 Å². The molecule has 0 aliphatic heterocycles. The molecule has 0 heterocycles. The second kappa shape index (κ2) is 7.99. The van der Waals surface area contributed by atoms with E-state index in [0.29, 0.717) is 5.92 Å². The van der Waals surface area contributed by atoms with E-state index in [2.05, 4.69) is 62.4 Å². The molecule has 112 valence electrons. The van der Waals surface area contributed by atoms with Gasteiger partial charge in [0.1, 0.15) is 0 Å². The molecule has 0 saturated heterocycles. The van der Waals surface area contributed by atoms with E-state index in [1.165, 1.54) is 11.1 Å². The van der Waals surface area contributed by atoms with Gasteiger partial charge in [-0.1, -0.05) is 68.4 Å². The van der Waals surface area contributed by atoms with Crippen LogP contribution >= 0.6 is 0 Å². The van der Waals surface area contributed by atoms with Crippen molar-refractivity contribution in [1.82, 2.24) is 0 Å². The van der Waals surface area contributed by atoms with Crippen molar-refractivity contribution < 1.29 is 5.11 Å². The zero-order valence-corrected chi connectivity index (χ0v) is 13.1. The van der Waals surface area contributed by atoms with Crippen LogP contribution in [0.2, 0.25) is 0 Å². The van der Waals surface area contributed by atoms with E-state index in [1.807, 2.05) is 6.07 Å². The van der Waals surface area contributed by atoms with Gasteiger partial charge in [0.05, 0.1) is 6.10 Å². The van der Waals surface area contributed by atoms with Gasteiger partial charge in [0.15, 0.2) is 0 Å². The van der Waals surface area contributed by atoms with Gasteiger partial charge in [0.2, 0.25) is 0 Å². The monoisotopic (exact) mass is 282 g/mol. The molecule has 2 aromatic carbocycles. The van der Waals surface area contributed by atoms with Gasteiger partial charge in [-0.25, -0.2) is 0 Å². The summed E-state index contributed by atoms with van der Waals surface area (Å²) in [5, 5.41) is 10.3. The smallest absolute Gasteiger partial charge is 0.0790 e. The summed E-state index contributed by atoms with van der Waals surface area (Å²) in [5.74, 6) is 0.673. The van der Waals surface area contributed by atoms with Crippen molar-refractivity contribution in [2.75, 3.05) is 0 Å². The Labute approximate surface area is 128 Å². The first-order chi connectivity index (χ1) is 10.1. The van der Waals surface area contributed by atoms with Gasteiger partial charge < -0.3 is 5.11 Å². The summed E-state index contributed by atoms with van der Waals surface area (Å²) in [7, 11) is 0. The molecule has 2 rings (SSSR count). The average Bonchev–Trinajstić information content (AvgIpc) is 2.48. The predicted octanol–water partition coefficient (Wildman–Crippen LogP) is 4.94. The van der Waals surface area contributed by atoms with Crippen LogP contribution in [0.5, 0.6) is 0 Å². The Kier molecular flexibility index (Phi) is 6.01. The van der Waals surface area contributed by atoms with Gasteiger partial charge >= 0.3 is 0 Å². The quantitative estimate of drug-likeness (QED) is 0.762. The van der Waals surface area contributed by atoms with Crippen LogP contribution in [0.1, 0.15) is 49.5 Å². The van der Waals surface area contributed by atoms with E-state index in [4.69, 9.17) is 0 Å². The fraction of sp³-hybridized carbons (Fsp3) is 0.400. The summed E-state index contributed by atoms with van der Waals surface area (Å²) in [6.07, 6.45) is 3.62. The molecule has 21 heavy (non-hydrogen) atoms. The van der Waals surface area contributed by atoms with Crippen LogP contribution in [0, 0.1) is 5.92 Å². The minimum atomic E-state index is -0.346. The Morgan fingerprint density at radius 2 is 1.52 bits per heavy atom. The Morgan fingerprint density at radius 3 is 2.14 bits per heavy atom. The number of rotatable bonds is 7. The van der Waals surface area contributed by atoms with Crippen LogP contribution in [-0.2, 0) is 12.8 Å². The molecule has 0 aliphatic rings. The van der Waals surface area contributed by atoms with E-state index in [9.17, 15) is 5.11 Å². The van der Waals surface area contributed by atoms with Crippen LogP contribution in [-0.4, -0.2) is 5.11 Å². The first kappa shape index (κ1) is 15.8. The molecule has 0 radical (unpaired) electrons. The number of aliphatic hydroxyl groups is 1. The lowest BCUT2D eigenvalue weighted by Gasteiger charge is -2.12. The van der Waals surface area contributed by atoms with E-state index in [1.54, 1.807) is 0 Å². The maximum absolute atomic E-state index is 10.3. The van der Waals surface area contributed by atoms with Crippen molar-refractivity contribution in [2.45, 2.75) is 45.6 Å². The molecule has 1 atom stereocenters. The Hall–Kier alpha value is -1.60. The molecule has 0 fully saturated rings. The zero-order valence-electron chi connectivity index (χ0n) is 13.1. The Balaban J connectivity index is 1.81. The third-order valence-corrected chi connectivity index (χ3v) is 3.79. The normalized spacial score (nSPS) is 12.6. The highest BCUT2D eigenvalue weighted by Gasteiger charge is 2.07. The van der Waals surface area contributed by atoms with Crippen molar-refractivity contribution in [3.63, 3.8) is 0 Å². The molecular formula is C20H26O. The lowest BCUT2D eigenvalue weighted by molar-refractivity contribution is 0.164. The van der Waals surface area contributed by atoms with Crippen LogP contribution < -0.4 is 0 Å². The second-order valence-corrected chi connectivity index (χ2v) is 6.23. The summed E-state index contributed by atoms with van der Waals surface area (Å²) >= 11 is 0. The number of hydrogen-bond acceptors (Lipinski definition) is 1. The Morgan fingerprint density at radius 1 is 0.857 bits per heavy atom. The number of aliphatic hydroxyl groups excluding tert-OH is 1. The first-order valence-electron chi connectivity index (χ1n) is 7.96. The fourth-order valence-corrected chi connectivity index (χ4v) is 2.66. The largest absolute Gasteiger partial charge is 0.388 e. The molecule has 0 amide bonds. The molecule has 1 nitrogen and oxygen atoms in total. The molecule has 1 unspecified atom stereocenters. The van der Waals surface area contributed by atoms with E-state index in [-0.39, 0.29) is 6.10 Å². The SMILES string of the molecule is CC(C)Cc1ccc(C(O)CCCc2ccccc2)cc1. The number of hydrogen-bond donors (Lipinski definition) is 1. The van der Waals surface area contributed by atoms with Gasteiger partial charge in [0.25, 0.3) is 0 Å². The molecule has 0 bridgehead atoms. The predicted molar refractivity (Wildman–Crippen MR) is 89.3 cm³/mol. The van der Waals surface area contributed by atoms with Crippen LogP contribution in [0.25, 0.3) is 0 Å². The summed E-state index contributed by atoms with van der Waals surface area (Å²) < 4.78 is 0. The second-order valence-electron chi connectivity index (χ2n) is 6.23. The minimum absolute atomic E-state index is 0.346. The van der Waals surface area contributed by atoms with Crippen LogP contribution in [0.4, 0.5) is 0 Å². The summed E-state index contributed by atoms with van der Waals surface area (Å²) in [6.45, 7) is 4.46. The van der Waals surface area contributed by atoms with Crippen LogP contribution in [0.15, 0.2) is 54.6 Å². The third-order valence-electron chi connectivity index (χ3n) is 3.79. The molecular weight excluding hydrogens is 256 g/mol. The highest BCUT2D eigenvalue weighted by atomic mass is 16.3. The molecule has 1 heteroatoms. The fourth-order valence-electron chi connectivity index (χ4n) is 2.66. The maximum atomic E-state index is 10.3. The molecule has 1 N–H and O–H groups in total. The lowest BCUT2D eigenvalue weighted by Crippen LogP contribution is -2.00. The highest BCUT2D eigenvalue weighted by Crippen LogP contribution is 2.21. The van der Waals surface area contributed by atoms with E-state index in [0.717, 1.165) is 31.2 Å². The highest BCUT2D eigenvalue weighted by molar-refractivity contribution is 5.24. The van der Waals surface area contributed by atoms with Gasteiger partial charge in [-0.15, -0.1) is 0 Å². The van der Waals surface area contributed by atoms with Crippen LogP contribution in [0.3, 0.4) is 0 Å². The zero-order chi connectivity index (χ0) is 15.1. The number of aryl methyl sites for hydroxylation is 1. The molecule has 0 saturated carbocycles. The van der Waals surface area contributed by atoms with E-state index >= 15 is 0 Å². The van der Waals surface area contributed by atoms with Crippen molar-refractivity contribution >= 4 is 0 Å². The lowest BCUT2D eigenvalue weighted by atomic mass is 9.98. The van der Waals surface area contributed by atoms with Gasteiger partial charge in [-0.05, 0) is 48.3 Å². The average molecular weight is 282 g/mol. The van der Waals surface area contributed by atoms with Crippen molar-refractivity contribution in [2.24, 2.45) is 5.92 Å². The first-order valence-corrected chi connectivity index (χ1v) is 7.96. The van der Waals surface area contributed by atoms with Gasteiger partial charge in [0, 0.05) is 0 Å². The minimum Gasteiger partial charge on any atom is -0.388 e. The van der Waals surface area contributed by atoms with Crippen molar-refractivity contribution in [1.29, 1.82) is 0 Å². The van der Waals surface area contributed by atoms with E-state index < -0.39 is 0 Å². The molecule has 0 spiro atoms. The van der Waals surface area contributed by atoms with Crippen molar-refractivity contribution in [3.05, 3.63) is 71.3 Å². The molecule has 2 aromatic rings.